The molecule has 0 fully saturated rings. The molecule has 0 aliphatic heterocycles. The number of aromatic nitrogens is 2. The lowest BCUT2D eigenvalue weighted by atomic mass is 10.3. The maximum atomic E-state index is 11.6. The Morgan fingerprint density at radius 1 is 1.42 bits per heavy atom. The number of nitrogens with zero attached hydrogens (tertiary/aromatic N) is 1. The summed E-state index contributed by atoms with van der Waals surface area (Å²) in [7, 11) is 0. The minimum atomic E-state index is -0.0513. The number of amides is 1. The molecule has 0 spiro atoms. The molecule has 2 N–H and O–H groups in total. The fourth-order valence-electron chi connectivity index (χ4n) is 1.48. The maximum absolute atomic E-state index is 11.6. The van der Waals surface area contributed by atoms with Crippen molar-refractivity contribution in [1.29, 1.82) is 0 Å². The predicted octanol–water partition coefficient (Wildman–Crippen LogP) is 2.26. The average Bonchev–Trinajstić information content (AvgIpc) is 2.89. The molecule has 0 saturated carbocycles. The van der Waals surface area contributed by atoms with Crippen molar-refractivity contribution in [2.75, 3.05) is 6.61 Å². The zero-order chi connectivity index (χ0) is 13.5. The first-order chi connectivity index (χ1) is 9.24. The van der Waals surface area contributed by atoms with Crippen molar-refractivity contribution < 1.29 is 9.53 Å². The topological polar surface area (TPSA) is 67.0 Å². The van der Waals surface area contributed by atoms with Gasteiger partial charge in [0, 0.05) is 10.7 Å². The van der Waals surface area contributed by atoms with Crippen LogP contribution in [0.3, 0.4) is 0 Å². The molecule has 0 aliphatic carbocycles. The highest BCUT2D eigenvalue weighted by Crippen LogP contribution is 2.17. The van der Waals surface area contributed by atoms with Gasteiger partial charge in [0.05, 0.1) is 25.3 Å². The van der Waals surface area contributed by atoms with Crippen LogP contribution in [0.2, 0.25) is 0 Å². The highest BCUT2D eigenvalue weighted by atomic mass is 79.9. The summed E-state index contributed by atoms with van der Waals surface area (Å²) in [5.41, 5.74) is 0.876. The molecule has 1 aromatic carbocycles. The van der Waals surface area contributed by atoms with Crippen LogP contribution < -0.4 is 10.1 Å². The zero-order valence-electron chi connectivity index (χ0n) is 10.2. The molecule has 0 bridgehead atoms. The van der Waals surface area contributed by atoms with E-state index < -0.39 is 0 Å². The summed E-state index contributed by atoms with van der Waals surface area (Å²) < 4.78 is 6.44. The van der Waals surface area contributed by atoms with Crippen LogP contribution in [0.1, 0.15) is 12.1 Å². The van der Waals surface area contributed by atoms with Crippen LogP contribution in [-0.2, 0) is 11.3 Å². The minimum Gasteiger partial charge on any atom is -0.493 e. The molecule has 0 atom stereocenters. The van der Waals surface area contributed by atoms with Crippen molar-refractivity contribution in [1.82, 2.24) is 15.5 Å². The molecule has 2 aromatic rings. The minimum absolute atomic E-state index is 0.0513. The van der Waals surface area contributed by atoms with Gasteiger partial charge in [0.15, 0.2) is 0 Å². The van der Waals surface area contributed by atoms with E-state index in [1.54, 1.807) is 6.20 Å². The lowest BCUT2D eigenvalue weighted by molar-refractivity contribution is -0.121. The van der Waals surface area contributed by atoms with E-state index in [-0.39, 0.29) is 5.91 Å². The van der Waals surface area contributed by atoms with E-state index in [4.69, 9.17) is 4.74 Å². The van der Waals surface area contributed by atoms with Crippen molar-refractivity contribution in [3.05, 3.63) is 46.7 Å². The fourth-order valence-corrected chi connectivity index (χ4v) is 1.86. The van der Waals surface area contributed by atoms with Crippen molar-refractivity contribution in [2.24, 2.45) is 0 Å². The molecule has 0 saturated heterocycles. The van der Waals surface area contributed by atoms with Gasteiger partial charge in [0.25, 0.3) is 0 Å². The lowest BCUT2D eigenvalue weighted by Gasteiger charge is -2.07. The Bertz CT molecular complexity index is 528. The van der Waals surface area contributed by atoms with Crippen LogP contribution in [0, 0.1) is 0 Å². The Morgan fingerprint density at radius 3 is 3.05 bits per heavy atom. The largest absolute Gasteiger partial charge is 0.493 e. The van der Waals surface area contributed by atoms with Crippen molar-refractivity contribution in [2.45, 2.75) is 13.0 Å². The molecule has 100 valence electrons. The van der Waals surface area contributed by atoms with E-state index in [1.807, 2.05) is 30.3 Å². The molecule has 1 heterocycles. The van der Waals surface area contributed by atoms with E-state index in [9.17, 15) is 4.79 Å². The van der Waals surface area contributed by atoms with Crippen LogP contribution in [0.25, 0.3) is 0 Å². The number of carbonyl (C=O) groups is 1. The second-order valence-electron chi connectivity index (χ2n) is 3.91. The summed E-state index contributed by atoms with van der Waals surface area (Å²) in [6.45, 7) is 0.807. The summed E-state index contributed by atoms with van der Waals surface area (Å²) >= 11 is 3.36. The molecule has 5 nitrogen and oxygen atoms in total. The molecular weight excluding hydrogens is 310 g/mol. The Hall–Kier alpha value is -1.82. The number of halogens is 1. The molecule has 1 aromatic heterocycles. The number of hydrogen-bond acceptors (Lipinski definition) is 3. The summed E-state index contributed by atoms with van der Waals surface area (Å²) in [6, 6.07) is 9.34. The van der Waals surface area contributed by atoms with Gasteiger partial charge in [0.2, 0.25) is 5.91 Å². The molecule has 0 aliphatic rings. The standard InChI is InChI=1S/C13H14BrN3O2/c14-10-2-1-3-12(8-10)19-7-5-13(18)15-9-11-4-6-16-17-11/h1-4,6,8H,5,7,9H2,(H,15,18)(H,16,17). The van der Waals surface area contributed by atoms with Crippen LogP contribution in [0.4, 0.5) is 0 Å². The second kappa shape index (κ2) is 6.94. The molecule has 1 amide bonds. The Labute approximate surface area is 119 Å². The third kappa shape index (κ3) is 4.75. The average molecular weight is 324 g/mol. The number of rotatable bonds is 6. The molecule has 0 radical (unpaired) electrons. The smallest absolute Gasteiger partial charge is 0.223 e. The van der Waals surface area contributed by atoms with Crippen molar-refractivity contribution >= 4 is 21.8 Å². The van der Waals surface area contributed by atoms with Gasteiger partial charge < -0.3 is 10.1 Å². The summed E-state index contributed by atoms with van der Waals surface area (Å²) in [4.78, 5) is 11.6. The predicted molar refractivity (Wildman–Crippen MR) is 74.7 cm³/mol. The van der Waals surface area contributed by atoms with E-state index in [0.29, 0.717) is 19.6 Å². The first-order valence-electron chi connectivity index (χ1n) is 5.87. The Kier molecular flexibility index (Phi) is 4.97. The molecular formula is C13H14BrN3O2. The maximum Gasteiger partial charge on any atom is 0.223 e. The molecule has 2 rings (SSSR count). The number of benzene rings is 1. The SMILES string of the molecule is O=C(CCOc1cccc(Br)c1)NCc1ccn[nH]1. The Balaban J connectivity index is 1.66. The van der Waals surface area contributed by atoms with Gasteiger partial charge in [-0.2, -0.15) is 5.10 Å². The van der Waals surface area contributed by atoms with E-state index in [0.717, 1.165) is 15.9 Å². The summed E-state index contributed by atoms with van der Waals surface area (Å²) in [6.07, 6.45) is 1.97. The first-order valence-corrected chi connectivity index (χ1v) is 6.66. The van der Waals surface area contributed by atoms with Crippen molar-refractivity contribution in [3.8, 4) is 5.75 Å². The fraction of sp³-hybridized carbons (Fsp3) is 0.231. The zero-order valence-corrected chi connectivity index (χ0v) is 11.8. The molecule has 0 unspecified atom stereocenters. The third-order valence-electron chi connectivity index (χ3n) is 2.43. The monoisotopic (exact) mass is 323 g/mol. The van der Waals surface area contributed by atoms with Crippen molar-refractivity contribution in [3.63, 3.8) is 0 Å². The van der Waals surface area contributed by atoms with Crippen LogP contribution in [-0.4, -0.2) is 22.7 Å². The highest BCUT2D eigenvalue weighted by molar-refractivity contribution is 9.10. The lowest BCUT2D eigenvalue weighted by Crippen LogP contribution is -2.24. The van der Waals surface area contributed by atoms with Crippen LogP contribution in [0.5, 0.6) is 5.75 Å². The highest BCUT2D eigenvalue weighted by Gasteiger charge is 2.03. The first kappa shape index (κ1) is 13.6. The van der Waals surface area contributed by atoms with Gasteiger partial charge in [-0.15, -0.1) is 0 Å². The molecule has 6 heteroatoms. The number of hydrogen-bond donors (Lipinski definition) is 2. The van der Waals surface area contributed by atoms with Gasteiger partial charge in [-0.05, 0) is 24.3 Å². The van der Waals surface area contributed by atoms with Gasteiger partial charge in [-0.25, -0.2) is 0 Å². The van der Waals surface area contributed by atoms with Gasteiger partial charge >= 0.3 is 0 Å². The van der Waals surface area contributed by atoms with Crippen LogP contribution >= 0.6 is 15.9 Å². The van der Waals surface area contributed by atoms with Gasteiger partial charge in [-0.1, -0.05) is 22.0 Å². The normalized spacial score (nSPS) is 10.2. The number of aromatic amines is 1. The number of nitrogens with one attached hydrogen (secondary N) is 2. The summed E-state index contributed by atoms with van der Waals surface area (Å²) in [5, 5.41) is 9.37. The quantitative estimate of drug-likeness (QED) is 0.856. The number of ether oxygens (including phenoxy) is 1. The van der Waals surface area contributed by atoms with E-state index in [1.165, 1.54) is 0 Å². The van der Waals surface area contributed by atoms with Gasteiger partial charge in [0.1, 0.15) is 5.75 Å². The van der Waals surface area contributed by atoms with Gasteiger partial charge in [-0.3, -0.25) is 9.89 Å². The molecule has 19 heavy (non-hydrogen) atoms. The van der Waals surface area contributed by atoms with E-state index >= 15 is 0 Å². The van der Waals surface area contributed by atoms with E-state index in [2.05, 4.69) is 31.4 Å². The third-order valence-corrected chi connectivity index (χ3v) is 2.92. The number of H-pyrrole nitrogens is 1. The summed E-state index contributed by atoms with van der Waals surface area (Å²) in [5.74, 6) is 0.695. The number of carbonyl (C=O) groups excluding carboxylic acids is 1. The Morgan fingerprint density at radius 2 is 2.32 bits per heavy atom. The second-order valence-corrected chi connectivity index (χ2v) is 4.83. The van der Waals surface area contributed by atoms with Crippen LogP contribution in [0.15, 0.2) is 41.0 Å².